The van der Waals surface area contributed by atoms with E-state index in [9.17, 15) is 9.90 Å². The number of hydrogen-bond acceptors (Lipinski definition) is 3. The Hall–Kier alpha value is -0.520. The highest BCUT2D eigenvalue weighted by Crippen LogP contribution is 2.32. The third-order valence-corrected chi connectivity index (χ3v) is 4.76. The van der Waals surface area contributed by atoms with Crippen LogP contribution in [0.1, 0.15) is 13.8 Å². The molecule has 4 nitrogen and oxygen atoms in total. The number of carbonyl (C=O) groups excluding carboxylic acids is 1. The fourth-order valence-electron chi connectivity index (χ4n) is 2.22. The maximum Gasteiger partial charge on any atom is 0.238 e. The van der Waals surface area contributed by atoms with Crippen molar-refractivity contribution in [3.8, 4) is 0 Å². The Morgan fingerprint density at radius 2 is 1.86 bits per heavy atom. The SMILES string of the molecule is CC(C)C1(O)CN(CC(=O)Nc2cc(Cl)c(Cl)cc2Cl)C1. The highest BCUT2D eigenvalue weighted by Gasteiger charge is 2.43. The summed E-state index contributed by atoms with van der Waals surface area (Å²) in [4.78, 5) is 13.9. The van der Waals surface area contributed by atoms with E-state index in [1.165, 1.54) is 12.1 Å². The van der Waals surface area contributed by atoms with Crippen LogP contribution >= 0.6 is 34.8 Å². The first-order valence-electron chi connectivity index (χ1n) is 6.60. The molecule has 0 aliphatic carbocycles. The summed E-state index contributed by atoms with van der Waals surface area (Å²) in [6.45, 7) is 5.12. The maximum atomic E-state index is 12.0. The van der Waals surface area contributed by atoms with Crippen molar-refractivity contribution in [1.29, 1.82) is 0 Å². The summed E-state index contributed by atoms with van der Waals surface area (Å²) < 4.78 is 0. The van der Waals surface area contributed by atoms with E-state index in [0.29, 0.717) is 33.8 Å². The van der Waals surface area contributed by atoms with Gasteiger partial charge in [-0.1, -0.05) is 48.7 Å². The molecule has 116 valence electrons. The van der Waals surface area contributed by atoms with E-state index >= 15 is 0 Å². The van der Waals surface area contributed by atoms with Gasteiger partial charge < -0.3 is 10.4 Å². The zero-order chi connectivity index (χ0) is 15.8. The monoisotopic (exact) mass is 350 g/mol. The van der Waals surface area contributed by atoms with Crippen LogP contribution in [0.15, 0.2) is 12.1 Å². The highest BCUT2D eigenvalue weighted by molar-refractivity contribution is 6.44. The molecule has 7 heteroatoms. The van der Waals surface area contributed by atoms with Gasteiger partial charge in [0.1, 0.15) is 0 Å². The van der Waals surface area contributed by atoms with Crippen molar-refractivity contribution in [3.05, 3.63) is 27.2 Å². The average molecular weight is 352 g/mol. The van der Waals surface area contributed by atoms with Gasteiger partial charge in [-0.3, -0.25) is 9.69 Å². The fourth-order valence-corrected chi connectivity index (χ4v) is 2.81. The molecule has 2 N–H and O–H groups in total. The van der Waals surface area contributed by atoms with Gasteiger partial charge in [0, 0.05) is 13.1 Å². The van der Waals surface area contributed by atoms with E-state index in [1.54, 1.807) is 0 Å². The molecule has 2 rings (SSSR count). The number of β-amino-alcohol motifs (C(OH)–C–C–N with tert-alkyl or cyclic N) is 1. The summed E-state index contributed by atoms with van der Waals surface area (Å²) >= 11 is 17.7. The Balaban J connectivity index is 1.91. The second kappa shape index (κ2) is 6.31. The van der Waals surface area contributed by atoms with Gasteiger partial charge in [0.05, 0.1) is 32.9 Å². The molecular formula is C14H17Cl3N2O2. The molecular weight excluding hydrogens is 335 g/mol. The predicted molar refractivity (Wildman–Crippen MR) is 86.3 cm³/mol. The molecule has 0 bridgehead atoms. The predicted octanol–water partition coefficient (Wildman–Crippen LogP) is 3.29. The third kappa shape index (κ3) is 3.82. The first-order valence-corrected chi connectivity index (χ1v) is 7.74. The van der Waals surface area contributed by atoms with E-state index in [2.05, 4.69) is 5.32 Å². The zero-order valence-electron chi connectivity index (χ0n) is 11.8. The molecule has 1 aliphatic rings. The molecule has 1 amide bonds. The number of halogens is 3. The second-order valence-corrected chi connectivity index (χ2v) is 6.92. The zero-order valence-corrected chi connectivity index (χ0v) is 14.1. The summed E-state index contributed by atoms with van der Waals surface area (Å²) in [7, 11) is 0. The number of likely N-dealkylation sites (tertiary alicyclic amines) is 1. The van der Waals surface area contributed by atoms with Crippen LogP contribution in [-0.4, -0.2) is 41.1 Å². The number of nitrogens with zero attached hydrogens (tertiary/aromatic N) is 1. The largest absolute Gasteiger partial charge is 0.387 e. The molecule has 1 aromatic rings. The Morgan fingerprint density at radius 1 is 1.29 bits per heavy atom. The number of amides is 1. The van der Waals surface area contributed by atoms with E-state index in [0.717, 1.165) is 0 Å². The van der Waals surface area contributed by atoms with Crippen molar-refractivity contribution >= 4 is 46.4 Å². The van der Waals surface area contributed by atoms with Crippen molar-refractivity contribution in [2.75, 3.05) is 25.0 Å². The standard InChI is InChI=1S/C14H17Cl3N2O2/c1-8(2)14(21)6-19(7-14)5-13(20)18-12-4-10(16)9(15)3-11(12)17/h3-4,8,21H,5-7H2,1-2H3,(H,18,20). The van der Waals surface area contributed by atoms with Gasteiger partial charge in [-0.15, -0.1) is 0 Å². The van der Waals surface area contributed by atoms with Gasteiger partial charge in [0.15, 0.2) is 0 Å². The van der Waals surface area contributed by atoms with Crippen LogP contribution < -0.4 is 5.32 Å². The lowest BCUT2D eigenvalue weighted by molar-refractivity contribution is -0.139. The summed E-state index contributed by atoms with van der Waals surface area (Å²) in [6, 6.07) is 3.01. The van der Waals surface area contributed by atoms with Gasteiger partial charge in [-0.2, -0.15) is 0 Å². The Bertz CT molecular complexity index is 557. The lowest BCUT2D eigenvalue weighted by Gasteiger charge is -2.48. The minimum Gasteiger partial charge on any atom is -0.387 e. The first kappa shape index (κ1) is 16.8. The summed E-state index contributed by atoms with van der Waals surface area (Å²) in [5, 5.41) is 13.8. The lowest BCUT2D eigenvalue weighted by atomic mass is 9.83. The van der Waals surface area contributed by atoms with Gasteiger partial charge in [0.2, 0.25) is 5.91 Å². The molecule has 21 heavy (non-hydrogen) atoms. The van der Waals surface area contributed by atoms with E-state index in [4.69, 9.17) is 34.8 Å². The fraction of sp³-hybridized carbons (Fsp3) is 0.500. The third-order valence-electron chi connectivity index (χ3n) is 3.72. The second-order valence-electron chi connectivity index (χ2n) is 5.70. The van der Waals surface area contributed by atoms with Crippen LogP contribution in [0.2, 0.25) is 15.1 Å². The molecule has 1 saturated heterocycles. The van der Waals surface area contributed by atoms with E-state index in [-0.39, 0.29) is 18.4 Å². The van der Waals surface area contributed by atoms with Crippen molar-refractivity contribution in [1.82, 2.24) is 4.90 Å². The van der Waals surface area contributed by atoms with Crippen LogP contribution in [0, 0.1) is 5.92 Å². The molecule has 1 fully saturated rings. The molecule has 0 saturated carbocycles. The Morgan fingerprint density at radius 3 is 2.43 bits per heavy atom. The van der Waals surface area contributed by atoms with E-state index < -0.39 is 5.60 Å². The van der Waals surface area contributed by atoms with Gasteiger partial charge >= 0.3 is 0 Å². The van der Waals surface area contributed by atoms with Gasteiger partial charge in [0.25, 0.3) is 0 Å². The summed E-state index contributed by atoms with van der Waals surface area (Å²) in [6.07, 6.45) is 0. The summed E-state index contributed by atoms with van der Waals surface area (Å²) in [5.74, 6) is -0.0394. The number of carbonyl (C=O) groups is 1. The number of aliphatic hydroxyl groups is 1. The smallest absolute Gasteiger partial charge is 0.238 e. The number of anilines is 1. The molecule has 0 unspecified atom stereocenters. The quantitative estimate of drug-likeness (QED) is 0.819. The lowest BCUT2D eigenvalue weighted by Crippen LogP contribution is -2.65. The Kier molecular flexibility index (Phi) is 5.06. The minimum atomic E-state index is -0.693. The summed E-state index contributed by atoms with van der Waals surface area (Å²) in [5.41, 5.74) is -0.266. The number of rotatable bonds is 4. The van der Waals surface area contributed by atoms with Gasteiger partial charge in [-0.05, 0) is 18.1 Å². The molecule has 0 radical (unpaired) electrons. The van der Waals surface area contributed by atoms with Gasteiger partial charge in [-0.25, -0.2) is 0 Å². The van der Waals surface area contributed by atoms with Crippen LogP contribution in [0.4, 0.5) is 5.69 Å². The molecule has 1 aromatic carbocycles. The van der Waals surface area contributed by atoms with E-state index in [1.807, 2.05) is 18.7 Å². The van der Waals surface area contributed by atoms with Crippen molar-refractivity contribution in [2.45, 2.75) is 19.4 Å². The molecule has 0 spiro atoms. The van der Waals surface area contributed by atoms with Crippen LogP contribution in [0.25, 0.3) is 0 Å². The highest BCUT2D eigenvalue weighted by atomic mass is 35.5. The normalized spacial score (nSPS) is 17.7. The molecule has 0 atom stereocenters. The van der Waals surface area contributed by atoms with Crippen molar-refractivity contribution < 1.29 is 9.90 Å². The van der Waals surface area contributed by atoms with Crippen molar-refractivity contribution in [3.63, 3.8) is 0 Å². The van der Waals surface area contributed by atoms with Crippen LogP contribution in [0.5, 0.6) is 0 Å². The van der Waals surface area contributed by atoms with Crippen LogP contribution in [-0.2, 0) is 4.79 Å². The first-order chi connectivity index (χ1) is 9.71. The molecule has 1 aliphatic heterocycles. The van der Waals surface area contributed by atoms with Crippen molar-refractivity contribution in [2.24, 2.45) is 5.92 Å². The Labute approximate surface area is 139 Å². The average Bonchev–Trinajstić information content (AvgIpc) is 2.33. The maximum absolute atomic E-state index is 12.0. The number of benzene rings is 1. The van der Waals surface area contributed by atoms with Crippen LogP contribution in [0.3, 0.4) is 0 Å². The number of nitrogens with one attached hydrogen (secondary N) is 1. The molecule has 0 aromatic heterocycles. The molecule has 1 heterocycles. The topological polar surface area (TPSA) is 52.6 Å². The minimum absolute atomic E-state index is 0.168. The number of hydrogen-bond donors (Lipinski definition) is 2.